The van der Waals surface area contributed by atoms with E-state index in [-0.39, 0.29) is 31.0 Å². The maximum atomic E-state index is 11.6. The Bertz CT molecular complexity index is 159. The molecule has 0 fully saturated rings. The Labute approximate surface area is 75.6 Å². The Balaban J connectivity index is -0.000000245. The Hall–Kier alpha value is 0.800. The maximum absolute atomic E-state index is 11.6. The Morgan fingerprint density at radius 3 is 2.00 bits per heavy atom. The van der Waals surface area contributed by atoms with Crippen molar-refractivity contribution in [2.24, 2.45) is 0 Å². The minimum absolute atomic E-state index is 0. The number of halogens is 1. The van der Waals surface area contributed by atoms with Crippen molar-refractivity contribution in [1.29, 1.82) is 0 Å². The summed E-state index contributed by atoms with van der Waals surface area (Å²) in [4.78, 5) is 0. The molecule has 0 aromatic rings. The second kappa shape index (κ2) is 4.59. The van der Waals surface area contributed by atoms with Gasteiger partial charge >= 0.3 is 29.6 Å². The Morgan fingerprint density at radius 1 is 1.67 bits per heavy atom. The summed E-state index contributed by atoms with van der Waals surface area (Å²) < 4.78 is 38.4. The first kappa shape index (κ1) is 12.5. The van der Waals surface area contributed by atoms with E-state index in [0.29, 0.717) is 0 Å². The molecule has 0 bridgehead atoms. The van der Waals surface area contributed by atoms with Gasteiger partial charge in [0, 0.05) is 0 Å². The molecule has 0 rings (SSSR count). The molecule has 0 saturated carbocycles. The zero-order chi connectivity index (χ0) is 6.78. The fraction of sp³-hybridized carbons (Fsp3) is 1.00. The SMILES string of the molecule is O=S(=O)(O)C(F)CO.[H-].[Na+]. The van der Waals surface area contributed by atoms with Crippen LogP contribution in [0.2, 0.25) is 0 Å². The molecule has 1 atom stereocenters. The van der Waals surface area contributed by atoms with Crippen LogP contribution in [-0.2, 0) is 10.1 Å². The van der Waals surface area contributed by atoms with Crippen molar-refractivity contribution in [2.75, 3.05) is 6.61 Å². The van der Waals surface area contributed by atoms with Gasteiger partial charge in [-0.3, -0.25) is 4.55 Å². The van der Waals surface area contributed by atoms with Crippen LogP contribution in [0.4, 0.5) is 4.39 Å². The van der Waals surface area contributed by atoms with Crippen LogP contribution >= 0.6 is 0 Å². The van der Waals surface area contributed by atoms with Crippen molar-refractivity contribution in [3.8, 4) is 0 Å². The standard InChI is InChI=1S/C2H5FO4S.Na.H/c3-2(1-4)8(5,6)7;;/h2,4H,1H2,(H,5,6,7);;/q;+1;-1. The van der Waals surface area contributed by atoms with Gasteiger partial charge in [-0.2, -0.15) is 8.42 Å². The zero-order valence-electron chi connectivity index (χ0n) is 5.78. The molecule has 0 saturated heterocycles. The maximum Gasteiger partial charge on any atom is 1.00 e. The fourth-order valence-electron chi connectivity index (χ4n) is 0.0942. The molecular weight excluding hydrogens is 162 g/mol. The Kier molecular flexibility index (Phi) is 6.36. The molecule has 0 amide bonds. The molecule has 9 heavy (non-hydrogen) atoms. The van der Waals surface area contributed by atoms with Crippen LogP contribution in [0.25, 0.3) is 0 Å². The molecule has 0 aromatic carbocycles. The first-order valence-corrected chi connectivity index (χ1v) is 3.20. The topological polar surface area (TPSA) is 74.6 Å². The van der Waals surface area contributed by atoms with Crippen LogP contribution in [0.15, 0.2) is 0 Å². The van der Waals surface area contributed by atoms with Gasteiger partial charge in [0.25, 0.3) is 10.1 Å². The third-order valence-corrected chi connectivity index (χ3v) is 1.26. The van der Waals surface area contributed by atoms with Crippen molar-refractivity contribution < 1.29 is 53.5 Å². The van der Waals surface area contributed by atoms with Crippen LogP contribution in [0.3, 0.4) is 0 Å². The largest absolute Gasteiger partial charge is 1.00 e. The van der Waals surface area contributed by atoms with Crippen molar-refractivity contribution in [3.05, 3.63) is 0 Å². The van der Waals surface area contributed by atoms with E-state index >= 15 is 0 Å². The van der Waals surface area contributed by atoms with Crippen LogP contribution in [-0.4, -0.2) is 30.2 Å². The Morgan fingerprint density at radius 2 is 2.00 bits per heavy atom. The summed E-state index contributed by atoms with van der Waals surface area (Å²) in [5, 5.41) is 7.76. The van der Waals surface area contributed by atoms with Crippen molar-refractivity contribution in [3.63, 3.8) is 0 Å². The first-order chi connectivity index (χ1) is 3.48. The minimum Gasteiger partial charge on any atom is -1.00 e. The normalized spacial score (nSPS) is 14.1. The summed E-state index contributed by atoms with van der Waals surface area (Å²) >= 11 is 0. The van der Waals surface area contributed by atoms with Gasteiger partial charge in [-0.05, 0) is 0 Å². The molecule has 2 N–H and O–H groups in total. The van der Waals surface area contributed by atoms with Gasteiger partial charge < -0.3 is 6.53 Å². The quantitative estimate of drug-likeness (QED) is 0.328. The van der Waals surface area contributed by atoms with Crippen molar-refractivity contribution in [1.82, 2.24) is 0 Å². The molecule has 7 heteroatoms. The molecular formula is C2H6FNaO4S. The van der Waals surface area contributed by atoms with Crippen LogP contribution in [0.5, 0.6) is 0 Å². The summed E-state index contributed by atoms with van der Waals surface area (Å²) in [5.74, 6) is 0. The van der Waals surface area contributed by atoms with Gasteiger partial charge in [0.15, 0.2) is 0 Å². The number of rotatable bonds is 2. The van der Waals surface area contributed by atoms with Crippen LogP contribution < -0.4 is 29.6 Å². The summed E-state index contributed by atoms with van der Waals surface area (Å²) in [5.41, 5.74) is -2.57. The summed E-state index contributed by atoms with van der Waals surface area (Å²) in [6, 6.07) is 0. The van der Waals surface area contributed by atoms with E-state index in [1.807, 2.05) is 0 Å². The monoisotopic (exact) mass is 168 g/mol. The molecule has 0 aliphatic rings. The molecule has 0 radical (unpaired) electrons. The third kappa shape index (κ3) is 5.25. The van der Waals surface area contributed by atoms with E-state index in [4.69, 9.17) is 9.66 Å². The number of aliphatic hydroxyl groups is 1. The molecule has 0 heterocycles. The minimum atomic E-state index is -4.67. The molecule has 0 aromatic heterocycles. The summed E-state index contributed by atoms with van der Waals surface area (Å²) in [7, 11) is -4.67. The van der Waals surface area contributed by atoms with Crippen LogP contribution in [0.1, 0.15) is 1.43 Å². The molecule has 0 aliphatic carbocycles. The molecule has 0 spiro atoms. The van der Waals surface area contributed by atoms with Gasteiger partial charge in [0.2, 0.25) is 5.50 Å². The van der Waals surface area contributed by atoms with Crippen molar-refractivity contribution >= 4 is 10.1 Å². The predicted molar refractivity (Wildman–Crippen MR) is 24.6 cm³/mol. The van der Waals surface area contributed by atoms with E-state index in [2.05, 4.69) is 0 Å². The number of hydrogen-bond acceptors (Lipinski definition) is 3. The predicted octanol–water partition coefficient (Wildman–Crippen LogP) is -3.72. The van der Waals surface area contributed by atoms with Gasteiger partial charge in [-0.1, -0.05) is 0 Å². The van der Waals surface area contributed by atoms with Gasteiger partial charge in [0.1, 0.15) is 0 Å². The average molecular weight is 168 g/mol. The van der Waals surface area contributed by atoms with Crippen LogP contribution in [0, 0.1) is 0 Å². The fourth-order valence-corrected chi connectivity index (χ4v) is 0.283. The van der Waals surface area contributed by atoms with E-state index in [9.17, 15) is 12.8 Å². The van der Waals surface area contributed by atoms with Crippen molar-refractivity contribution in [2.45, 2.75) is 5.50 Å². The van der Waals surface area contributed by atoms with Gasteiger partial charge in [0.05, 0.1) is 6.61 Å². The number of alkyl halides is 1. The van der Waals surface area contributed by atoms with Gasteiger partial charge in [-0.25, -0.2) is 4.39 Å². The molecule has 52 valence electrons. The van der Waals surface area contributed by atoms with E-state index in [0.717, 1.165) is 0 Å². The first-order valence-electron chi connectivity index (χ1n) is 1.69. The van der Waals surface area contributed by atoms with E-state index < -0.39 is 22.2 Å². The summed E-state index contributed by atoms with van der Waals surface area (Å²) in [6.45, 7) is -1.21. The second-order valence-corrected chi connectivity index (χ2v) is 2.65. The molecule has 0 aliphatic heterocycles. The summed E-state index contributed by atoms with van der Waals surface area (Å²) in [6.07, 6.45) is 0. The molecule has 4 nitrogen and oxygen atoms in total. The third-order valence-electron chi connectivity index (χ3n) is 0.467. The second-order valence-electron chi connectivity index (χ2n) is 1.11. The smallest absolute Gasteiger partial charge is 1.00 e. The van der Waals surface area contributed by atoms with E-state index in [1.54, 1.807) is 0 Å². The number of hydrogen-bond donors (Lipinski definition) is 2. The average Bonchev–Trinajstić information content (AvgIpc) is 1.62. The van der Waals surface area contributed by atoms with Gasteiger partial charge in [-0.15, -0.1) is 0 Å². The number of aliphatic hydroxyl groups excluding tert-OH is 1. The zero-order valence-corrected chi connectivity index (χ0v) is 7.60. The molecule has 1 unspecified atom stereocenters. The van der Waals surface area contributed by atoms with E-state index in [1.165, 1.54) is 0 Å².